The molecular formula is C19H27N5O. The molecule has 1 aromatic heterocycles. The van der Waals surface area contributed by atoms with Crippen LogP contribution in [0.3, 0.4) is 0 Å². The number of likely N-dealkylation sites (tertiary alicyclic amines) is 1. The Hall–Kier alpha value is -2.21. The van der Waals surface area contributed by atoms with Gasteiger partial charge in [-0.3, -0.25) is 4.79 Å². The zero-order valence-electron chi connectivity index (χ0n) is 14.9. The van der Waals surface area contributed by atoms with E-state index in [4.69, 9.17) is 0 Å². The molecule has 0 spiro atoms. The highest BCUT2D eigenvalue weighted by Crippen LogP contribution is 2.17. The molecule has 1 aromatic carbocycles. The maximum Gasteiger partial charge on any atom is 0.244 e. The Morgan fingerprint density at radius 2 is 2.16 bits per heavy atom. The quantitative estimate of drug-likeness (QED) is 0.769. The Balaban J connectivity index is 1.62. The number of carbonyl (C=O) groups excluding carboxylic acids is 1. The van der Waals surface area contributed by atoms with Crippen LogP contribution >= 0.6 is 0 Å². The summed E-state index contributed by atoms with van der Waals surface area (Å²) in [5.41, 5.74) is 1.27. The number of amides is 1. The first kappa shape index (κ1) is 17.6. The normalized spacial score (nSPS) is 18.2. The lowest BCUT2D eigenvalue weighted by Gasteiger charge is -2.34. The number of piperidine rings is 1. The molecule has 6 heteroatoms. The molecule has 1 amide bonds. The van der Waals surface area contributed by atoms with Crippen molar-refractivity contribution in [1.82, 2.24) is 24.6 Å². The van der Waals surface area contributed by atoms with E-state index in [1.54, 1.807) is 11.0 Å². The molecule has 25 heavy (non-hydrogen) atoms. The molecule has 0 radical (unpaired) electrons. The summed E-state index contributed by atoms with van der Waals surface area (Å²) in [7, 11) is 2.16. The molecule has 0 N–H and O–H groups in total. The Labute approximate surface area is 149 Å². The van der Waals surface area contributed by atoms with Crippen LogP contribution in [0.25, 0.3) is 0 Å². The summed E-state index contributed by atoms with van der Waals surface area (Å²) in [4.78, 5) is 21.1. The fraction of sp³-hybridized carbons (Fsp3) is 0.526. The average molecular weight is 341 g/mol. The molecule has 0 unspecified atom stereocenters. The number of hydrogen-bond acceptors (Lipinski definition) is 4. The predicted molar refractivity (Wildman–Crippen MR) is 97.0 cm³/mol. The molecule has 2 heterocycles. The van der Waals surface area contributed by atoms with Gasteiger partial charge in [0, 0.05) is 19.6 Å². The molecule has 3 rings (SSSR count). The summed E-state index contributed by atoms with van der Waals surface area (Å²) in [6.07, 6.45) is 6.36. The highest BCUT2D eigenvalue weighted by molar-refractivity contribution is 5.75. The van der Waals surface area contributed by atoms with Gasteiger partial charge in [-0.1, -0.05) is 30.3 Å². The maximum absolute atomic E-state index is 12.8. The van der Waals surface area contributed by atoms with E-state index in [2.05, 4.69) is 34.2 Å². The van der Waals surface area contributed by atoms with Crippen molar-refractivity contribution in [3.05, 3.63) is 48.5 Å². The smallest absolute Gasteiger partial charge is 0.244 e. The van der Waals surface area contributed by atoms with Crippen molar-refractivity contribution >= 4 is 5.91 Å². The predicted octanol–water partition coefficient (Wildman–Crippen LogP) is 1.69. The van der Waals surface area contributed by atoms with E-state index in [1.165, 1.54) is 24.7 Å². The number of carbonyl (C=O) groups is 1. The van der Waals surface area contributed by atoms with Crippen LogP contribution in [0.15, 0.2) is 43.0 Å². The summed E-state index contributed by atoms with van der Waals surface area (Å²) < 4.78 is 1.60. The van der Waals surface area contributed by atoms with Crippen LogP contribution in [0, 0.1) is 5.92 Å². The van der Waals surface area contributed by atoms with Crippen LogP contribution in [-0.2, 0) is 17.8 Å². The maximum atomic E-state index is 12.8. The second-order valence-corrected chi connectivity index (χ2v) is 6.94. The summed E-state index contributed by atoms with van der Waals surface area (Å²) in [6.45, 7) is 4.06. The van der Waals surface area contributed by atoms with E-state index >= 15 is 0 Å². The Morgan fingerprint density at radius 3 is 2.88 bits per heavy atom. The van der Waals surface area contributed by atoms with Crippen molar-refractivity contribution < 1.29 is 4.79 Å². The average Bonchev–Trinajstić information content (AvgIpc) is 3.12. The summed E-state index contributed by atoms with van der Waals surface area (Å²) >= 11 is 0. The van der Waals surface area contributed by atoms with Crippen molar-refractivity contribution in [2.24, 2.45) is 5.92 Å². The third-order valence-corrected chi connectivity index (χ3v) is 4.83. The first-order chi connectivity index (χ1) is 12.2. The number of nitrogens with zero attached hydrogens (tertiary/aromatic N) is 5. The zero-order chi connectivity index (χ0) is 17.5. The van der Waals surface area contributed by atoms with Gasteiger partial charge in [0.15, 0.2) is 0 Å². The Kier molecular flexibility index (Phi) is 6.17. The van der Waals surface area contributed by atoms with Gasteiger partial charge >= 0.3 is 0 Å². The Morgan fingerprint density at radius 1 is 1.32 bits per heavy atom. The molecule has 2 aromatic rings. The first-order valence-electron chi connectivity index (χ1n) is 9.03. The van der Waals surface area contributed by atoms with E-state index < -0.39 is 0 Å². The summed E-state index contributed by atoms with van der Waals surface area (Å²) in [5, 5.41) is 4.07. The highest BCUT2D eigenvalue weighted by Gasteiger charge is 2.23. The van der Waals surface area contributed by atoms with Gasteiger partial charge in [0.1, 0.15) is 19.2 Å². The van der Waals surface area contributed by atoms with Crippen LogP contribution in [0.2, 0.25) is 0 Å². The largest absolute Gasteiger partial charge is 0.340 e. The van der Waals surface area contributed by atoms with Crippen LogP contribution in [-0.4, -0.2) is 63.7 Å². The third kappa shape index (κ3) is 5.39. The van der Waals surface area contributed by atoms with Gasteiger partial charge in [0.05, 0.1) is 0 Å². The topological polar surface area (TPSA) is 54.3 Å². The van der Waals surface area contributed by atoms with E-state index in [-0.39, 0.29) is 12.5 Å². The van der Waals surface area contributed by atoms with Crippen LogP contribution in [0.4, 0.5) is 0 Å². The Bertz CT molecular complexity index is 643. The van der Waals surface area contributed by atoms with Crippen molar-refractivity contribution in [2.45, 2.75) is 25.8 Å². The van der Waals surface area contributed by atoms with E-state index in [1.807, 2.05) is 23.1 Å². The monoisotopic (exact) mass is 341 g/mol. The number of rotatable bonds is 7. The number of hydrogen-bond donors (Lipinski definition) is 0. The second kappa shape index (κ2) is 8.76. The fourth-order valence-corrected chi connectivity index (χ4v) is 3.51. The number of aromatic nitrogens is 3. The van der Waals surface area contributed by atoms with Gasteiger partial charge in [-0.15, -0.1) is 0 Å². The van der Waals surface area contributed by atoms with Crippen molar-refractivity contribution in [3.8, 4) is 0 Å². The zero-order valence-corrected chi connectivity index (χ0v) is 14.9. The standard InChI is InChI=1S/C19H27N5O/c1-22-10-5-8-18(12-22)13-23(11-9-17-6-3-2-4-7-17)19(25)14-24-16-20-15-21-24/h2-4,6-7,15-16,18H,5,8-14H2,1H3/t18-/m1/s1. The molecule has 1 aliphatic rings. The molecular weight excluding hydrogens is 314 g/mol. The fourth-order valence-electron chi connectivity index (χ4n) is 3.51. The molecule has 1 fully saturated rings. The van der Waals surface area contributed by atoms with Crippen LogP contribution in [0.5, 0.6) is 0 Å². The van der Waals surface area contributed by atoms with Crippen LogP contribution < -0.4 is 0 Å². The minimum atomic E-state index is 0.120. The van der Waals surface area contributed by atoms with Crippen molar-refractivity contribution in [2.75, 3.05) is 33.2 Å². The SMILES string of the molecule is CN1CCC[C@@H](CN(CCc2ccccc2)C(=O)Cn2cncn2)C1. The van der Waals surface area contributed by atoms with Crippen molar-refractivity contribution in [3.63, 3.8) is 0 Å². The minimum absolute atomic E-state index is 0.120. The molecule has 1 aliphatic heterocycles. The molecule has 0 aliphatic carbocycles. The third-order valence-electron chi connectivity index (χ3n) is 4.83. The lowest BCUT2D eigenvalue weighted by molar-refractivity contribution is -0.133. The lowest BCUT2D eigenvalue weighted by atomic mass is 9.97. The van der Waals surface area contributed by atoms with E-state index in [0.717, 1.165) is 32.6 Å². The van der Waals surface area contributed by atoms with Gasteiger partial charge in [0.25, 0.3) is 0 Å². The van der Waals surface area contributed by atoms with E-state index in [0.29, 0.717) is 5.92 Å². The van der Waals surface area contributed by atoms with Gasteiger partial charge in [-0.2, -0.15) is 5.10 Å². The number of benzene rings is 1. The molecule has 0 saturated carbocycles. The molecule has 6 nitrogen and oxygen atoms in total. The second-order valence-electron chi connectivity index (χ2n) is 6.94. The van der Waals surface area contributed by atoms with Crippen molar-refractivity contribution in [1.29, 1.82) is 0 Å². The molecule has 134 valence electrons. The lowest BCUT2D eigenvalue weighted by Crippen LogP contribution is -2.43. The molecule has 1 saturated heterocycles. The highest BCUT2D eigenvalue weighted by atomic mass is 16.2. The van der Waals surface area contributed by atoms with Gasteiger partial charge < -0.3 is 9.80 Å². The van der Waals surface area contributed by atoms with Gasteiger partial charge in [-0.25, -0.2) is 9.67 Å². The van der Waals surface area contributed by atoms with Crippen LogP contribution in [0.1, 0.15) is 18.4 Å². The van der Waals surface area contributed by atoms with Gasteiger partial charge in [-0.05, 0) is 44.3 Å². The summed E-state index contributed by atoms with van der Waals surface area (Å²) in [6, 6.07) is 10.4. The summed E-state index contributed by atoms with van der Waals surface area (Å²) in [5.74, 6) is 0.670. The van der Waals surface area contributed by atoms with E-state index in [9.17, 15) is 4.79 Å². The minimum Gasteiger partial charge on any atom is -0.340 e. The van der Waals surface area contributed by atoms with Gasteiger partial charge in [0.2, 0.25) is 5.91 Å². The first-order valence-corrected chi connectivity index (χ1v) is 9.03. The molecule has 0 bridgehead atoms. The molecule has 1 atom stereocenters.